The zero-order chi connectivity index (χ0) is 94.9. The number of aliphatic hydroxyl groups excluding tert-OH is 7. The molecule has 0 saturated carbocycles. The minimum Gasteiger partial charge on any atom is -0.508 e. The fourth-order valence-electron chi connectivity index (χ4n) is 16.3. The molecule has 38 nitrogen and oxygen atoms in total. The molecule has 16 rings (SSSR count). The van der Waals surface area contributed by atoms with Crippen molar-refractivity contribution in [1.29, 1.82) is 0 Å². The number of rotatable bonds is 22. The molecular weight excluding hydrogens is 1780 g/mol. The van der Waals surface area contributed by atoms with E-state index in [4.69, 9.17) is 61.1 Å². The third kappa shape index (κ3) is 22.7. The van der Waals surface area contributed by atoms with Crippen LogP contribution in [0.2, 0.25) is 10.0 Å². The number of aromatic hydroxyl groups is 4. The van der Waals surface area contributed by atoms with E-state index in [9.17, 15) is 65.8 Å². The van der Waals surface area contributed by atoms with Crippen molar-refractivity contribution in [3.63, 3.8) is 0 Å². The number of hydrogen-bond donors (Lipinski definition) is 20. The molecule has 0 unspecified atom stereocenters. The number of nitrogens with zero attached hydrogens (tertiary/aromatic N) is 1. The van der Waals surface area contributed by atoms with Gasteiger partial charge in [-0.05, 0) is 163 Å². The van der Waals surface area contributed by atoms with Crippen LogP contribution in [0.1, 0.15) is 134 Å². The van der Waals surface area contributed by atoms with Crippen LogP contribution < -0.4 is 71.5 Å². The number of ether oxygens (including phenoxy) is 8. The molecular formula is C93H102Cl2N10O28. The molecule has 133 heavy (non-hydrogen) atoms. The number of phenolic OH excluding ortho intramolecular Hbond substituents is 4. The summed E-state index contributed by atoms with van der Waals surface area (Å²) in [7, 11) is 3.57. The Morgan fingerprint density at radius 3 is 1.73 bits per heavy atom. The number of carbonyl (C=O) groups is 9. The predicted molar refractivity (Wildman–Crippen MR) is 472 cm³/mol. The van der Waals surface area contributed by atoms with Gasteiger partial charge < -0.3 is 147 Å². The first-order valence-electron chi connectivity index (χ1n) is 43.1. The summed E-state index contributed by atoms with van der Waals surface area (Å²) in [5.41, 5.74) is -1.58. The number of hydrogen-bond acceptors (Lipinski definition) is 29. The Morgan fingerprint density at radius 1 is 0.519 bits per heavy atom. The van der Waals surface area contributed by atoms with Crippen LogP contribution >= 0.6 is 23.2 Å². The summed E-state index contributed by atoms with van der Waals surface area (Å²) >= 11 is 14.7. The lowest BCUT2D eigenvalue weighted by Crippen LogP contribution is -2.65. The van der Waals surface area contributed by atoms with Crippen molar-refractivity contribution < 1.29 is 137 Å². The molecule has 8 heterocycles. The number of benzene rings is 8. The number of halogens is 2. The van der Waals surface area contributed by atoms with Crippen LogP contribution in [0.4, 0.5) is 4.79 Å². The molecule has 9 amide bonds. The lowest BCUT2D eigenvalue weighted by Gasteiger charge is -2.42. The quantitative estimate of drug-likeness (QED) is 0.0372. The van der Waals surface area contributed by atoms with Crippen LogP contribution in [-0.4, -0.2) is 228 Å². The predicted octanol–water partition coefficient (Wildman–Crippen LogP) is 5.51. The SMILES string of the molecule is CC(C)CCCCCCC(=O)N[C@H]1[C@H](Oc2c3cc4cc2Oc2ccc(cc2Cl)C[C@H]2NC(=O)[C@H](NC(=O)OCc5ccccc5)c5ccc(O)c(c5)Oc5cc(O)cc(c5)[C@H](NC2=O)C(=O)N[C@H]4C(=O)N[C@H]2C(=O)N[C@@H](Cc4ccc(c(Cl)c4)O3)C(=O)N[C@H](C(=O)NCCCN(C)C)c3cc(O)cc(O[C@H]4O[C@H](CO)[C@@H](O)[C@H](O)[C@@H]4O)c3-c3cc2ccc3O)O[C@H](CO)[C@@H](O)[C@@H]1O. The highest BCUT2D eigenvalue weighted by Gasteiger charge is 2.50. The molecule has 8 aromatic carbocycles. The Labute approximate surface area is 771 Å². The standard InChI is InChI=1S/C93H102Cl2N10O28/c1-43(2)13-8-5-6-11-16-70(112)99-77-80(115)78(113)68(40-106)131-91(77)133-83-66-35-50-36-67(83)129-63-24-18-46(28-57(63)95)30-59-85(119)103-76(86(120)96-25-12-26-105(3)4)55-38-52(109)39-65(130-92-82(117)81(116)79(114)69(41-107)132-92)71(55)54-33-47(19-21-60(54)110)72(87(121)97-59)101-90(124)75(50)102-89(123)74-49-31-51(108)37-53(32-49)127-64-34-48(20-22-61(64)111)73(104-93(125)126-42-44-14-9-7-10-15-44)88(122)98-58(84(118)100-74)29-45-17-23-62(128-66)56(94)27-45/h7,9-10,14-15,17-24,27-28,31-39,43,58-59,68-69,72-82,91-92,106-111,113-117H,5-6,8,11-13,16,25-26,29-30,40-42H2,1-4H3,(H,96,120)(H,97,121)(H,98,122)(H,99,112)(H,100,118)(H,101,124)(H,102,123)(H,103,119)(H,104,125)/t58-,59+,68-,69-,72-,73-,74+,75-,76+,77-,78-,79-,80-,81+,82+,91+,92+/m1/s1. The second kappa shape index (κ2) is 42.4. The lowest BCUT2D eigenvalue weighted by atomic mass is 9.89. The Morgan fingerprint density at radius 2 is 1.09 bits per heavy atom. The van der Waals surface area contributed by atoms with E-state index in [0.29, 0.717) is 37.3 Å². The zero-order valence-electron chi connectivity index (χ0n) is 72.2. The van der Waals surface area contributed by atoms with Gasteiger partial charge in [-0.15, -0.1) is 0 Å². The molecule has 2 fully saturated rings. The van der Waals surface area contributed by atoms with Gasteiger partial charge in [0, 0.05) is 49.1 Å². The van der Waals surface area contributed by atoms with Crippen LogP contribution in [0, 0.1) is 5.92 Å². The smallest absolute Gasteiger partial charge is 0.408 e. The highest BCUT2D eigenvalue weighted by Crippen LogP contribution is 2.51. The molecule has 17 atom stereocenters. The van der Waals surface area contributed by atoms with Gasteiger partial charge in [0.1, 0.15) is 138 Å². The molecule has 8 aliphatic heterocycles. The van der Waals surface area contributed by atoms with Crippen LogP contribution in [0.3, 0.4) is 0 Å². The van der Waals surface area contributed by atoms with Crippen molar-refractivity contribution in [2.45, 2.75) is 182 Å². The summed E-state index contributed by atoms with van der Waals surface area (Å²) in [6, 6.07) is 14.8. The van der Waals surface area contributed by atoms with E-state index in [2.05, 4.69) is 61.7 Å². The third-order valence-corrected chi connectivity index (χ3v) is 23.9. The molecule has 0 radical (unpaired) electrons. The summed E-state index contributed by atoms with van der Waals surface area (Å²) in [5, 5.41) is 150. The second-order valence-electron chi connectivity index (χ2n) is 33.8. The number of alkyl carbamates (subject to hydrolysis) is 1. The average molecular weight is 1880 g/mol. The van der Waals surface area contributed by atoms with Crippen molar-refractivity contribution in [3.8, 4) is 80.1 Å². The van der Waals surface area contributed by atoms with Gasteiger partial charge in [0.05, 0.1) is 23.3 Å². The summed E-state index contributed by atoms with van der Waals surface area (Å²) < 4.78 is 50.7. The number of fused-ring (bicyclic) bond motifs is 14. The van der Waals surface area contributed by atoms with Crippen LogP contribution in [0.5, 0.6) is 69.0 Å². The summed E-state index contributed by atoms with van der Waals surface area (Å²) in [4.78, 5) is 142. The van der Waals surface area contributed by atoms with Crippen LogP contribution in [-0.2, 0) is 72.0 Å². The van der Waals surface area contributed by atoms with E-state index < -0.39 is 251 Å². The number of carbonyl (C=O) groups excluding carboxylic acids is 9. The van der Waals surface area contributed by atoms with Crippen molar-refractivity contribution in [2.24, 2.45) is 5.92 Å². The minimum absolute atomic E-state index is 0.0427. The number of unbranched alkanes of at least 4 members (excludes halogenated alkanes) is 3. The zero-order valence-corrected chi connectivity index (χ0v) is 73.7. The van der Waals surface area contributed by atoms with E-state index in [1.165, 1.54) is 48.5 Å². The fraction of sp³-hybridized carbons (Fsp3) is 0.387. The highest BCUT2D eigenvalue weighted by atomic mass is 35.5. The average Bonchev–Trinajstić information content (AvgIpc) is 0.753. The van der Waals surface area contributed by atoms with Gasteiger partial charge in [0.2, 0.25) is 65.6 Å². The Kier molecular flexibility index (Phi) is 30.7. The largest absolute Gasteiger partial charge is 0.508 e. The maximum absolute atomic E-state index is 16.9. The van der Waals surface area contributed by atoms with Crippen molar-refractivity contribution in [1.82, 2.24) is 52.8 Å². The molecule has 0 aliphatic carbocycles. The highest BCUT2D eigenvalue weighted by molar-refractivity contribution is 6.32. The molecule has 17 bridgehead atoms. The summed E-state index contributed by atoms with van der Waals surface area (Å²) in [6.07, 6.45) is -15.7. The van der Waals surface area contributed by atoms with Gasteiger partial charge in [-0.1, -0.05) is 117 Å². The molecule has 8 aliphatic rings. The normalized spacial score (nSPS) is 24.7. The van der Waals surface area contributed by atoms with Gasteiger partial charge in [0.25, 0.3) is 0 Å². The van der Waals surface area contributed by atoms with Crippen molar-refractivity contribution >= 4 is 76.6 Å². The van der Waals surface area contributed by atoms with E-state index in [0.717, 1.165) is 86.0 Å². The Hall–Kier alpha value is -12.8. The lowest BCUT2D eigenvalue weighted by molar-refractivity contribution is -0.277. The number of nitrogens with one attached hydrogen (secondary N) is 9. The maximum Gasteiger partial charge on any atom is 0.408 e. The van der Waals surface area contributed by atoms with Crippen molar-refractivity contribution in [2.75, 3.05) is 40.4 Å². The topological polar surface area (TPSA) is 562 Å². The number of phenols is 4. The first kappa shape index (κ1) is 96.2. The first-order chi connectivity index (χ1) is 63.6. The molecule has 2 saturated heterocycles. The molecule has 706 valence electrons. The van der Waals surface area contributed by atoms with Gasteiger partial charge in [0.15, 0.2) is 23.0 Å². The van der Waals surface area contributed by atoms with Crippen LogP contribution in [0.25, 0.3) is 11.1 Å². The van der Waals surface area contributed by atoms with E-state index in [1.54, 1.807) is 44.4 Å². The molecule has 0 spiro atoms. The first-order valence-corrected chi connectivity index (χ1v) is 43.8. The molecule has 8 aromatic rings. The van der Waals surface area contributed by atoms with Crippen LogP contribution in [0.15, 0.2) is 146 Å². The number of amides is 9. The monoisotopic (exact) mass is 1880 g/mol. The van der Waals surface area contributed by atoms with Gasteiger partial charge in [-0.2, -0.15) is 0 Å². The molecule has 20 N–H and O–H groups in total. The second-order valence-corrected chi connectivity index (χ2v) is 34.6. The fourth-order valence-corrected chi connectivity index (χ4v) is 16.8. The van der Waals surface area contributed by atoms with Gasteiger partial charge >= 0.3 is 6.09 Å². The van der Waals surface area contributed by atoms with Gasteiger partial charge in [-0.25, -0.2) is 4.79 Å². The van der Waals surface area contributed by atoms with E-state index >= 15 is 33.6 Å². The summed E-state index contributed by atoms with van der Waals surface area (Å²) in [6.45, 7) is 2.39. The Balaban J connectivity index is 0.978. The maximum atomic E-state index is 16.9. The third-order valence-electron chi connectivity index (χ3n) is 23.3. The minimum atomic E-state index is -2.40. The van der Waals surface area contributed by atoms with E-state index in [1.807, 2.05) is 4.90 Å². The molecule has 40 heteroatoms. The number of aliphatic hydroxyl groups is 7. The van der Waals surface area contributed by atoms with Gasteiger partial charge in [-0.3, -0.25) is 38.4 Å². The van der Waals surface area contributed by atoms with E-state index in [-0.39, 0.29) is 80.2 Å². The Bertz CT molecular complexity index is 5680. The summed E-state index contributed by atoms with van der Waals surface area (Å²) in [5.74, 6) is -15.0. The van der Waals surface area contributed by atoms with Crippen molar-refractivity contribution in [3.05, 3.63) is 200 Å². The molecule has 0 aromatic heterocycles.